The SMILES string of the molecule is C#CCC(=O)Nc1sc(C)cc1C(=O)OCC. The Balaban J connectivity index is 2.88. The van der Waals surface area contributed by atoms with Crippen LogP contribution in [0.2, 0.25) is 0 Å². The lowest BCUT2D eigenvalue weighted by Gasteiger charge is -2.04. The van der Waals surface area contributed by atoms with Crippen LogP contribution in [0.15, 0.2) is 6.07 Å². The van der Waals surface area contributed by atoms with Crippen molar-refractivity contribution in [2.75, 3.05) is 11.9 Å². The molecule has 0 fully saturated rings. The molecule has 17 heavy (non-hydrogen) atoms. The van der Waals surface area contributed by atoms with Gasteiger partial charge in [-0.15, -0.1) is 17.8 Å². The topological polar surface area (TPSA) is 55.4 Å². The van der Waals surface area contributed by atoms with E-state index in [9.17, 15) is 9.59 Å². The van der Waals surface area contributed by atoms with Crippen LogP contribution >= 0.6 is 11.3 Å². The lowest BCUT2D eigenvalue weighted by molar-refractivity contribution is -0.115. The molecule has 0 bridgehead atoms. The number of carbonyl (C=O) groups excluding carboxylic acids is 2. The van der Waals surface area contributed by atoms with Crippen LogP contribution in [0, 0.1) is 19.3 Å². The normalized spacial score (nSPS) is 9.47. The Morgan fingerprint density at radius 3 is 2.88 bits per heavy atom. The average molecular weight is 251 g/mol. The molecule has 0 aliphatic heterocycles. The molecule has 0 spiro atoms. The maximum absolute atomic E-state index is 11.6. The number of hydrogen-bond donors (Lipinski definition) is 1. The number of anilines is 1. The third-order valence-corrected chi connectivity index (χ3v) is 2.83. The fourth-order valence-electron chi connectivity index (χ4n) is 1.23. The summed E-state index contributed by atoms with van der Waals surface area (Å²) in [5.74, 6) is 1.50. The molecule has 1 aromatic heterocycles. The zero-order valence-corrected chi connectivity index (χ0v) is 10.5. The Kier molecular flexibility index (Phi) is 4.73. The molecule has 0 unspecified atom stereocenters. The first-order valence-electron chi connectivity index (χ1n) is 5.09. The van der Waals surface area contributed by atoms with Crippen molar-refractivity contribution >= 4 is 28.2 Å². The first-order chi connectivity index (χ1) is 8.08. The van der Waals surface area contributed by atoms with Crippen LogP contribution in [-0.4, -0.2) is 18.5 Å². The minimum atomic E-state index is -0.437. The van der Waals surface area contributed by atoms with Gasteiger partial charge in [0.15, 0.2) is 0 Å². The monoisotopic (exact) mass is 251 g/mol. The average Bonchev–Trinajstić information content (AvgIpc) is 2.60. The quantitative estimate of drug-likeness (QED) is 0.659. The van der Waals surface area contributed by atoms with E-state index in [1.807, 2.05) is 6.92 Å². The number of nitrogens with one attached hydrogen (secondary N) is 1. The first kappa shape index (κ1) is 13.3. The van der Waals surface area contributed by atoms with Crippen LogP contribution in [0.25, 0.3) is 0 Å². The summed E-state index contributed by atoms with van der Waals surface area (Å²) in [7, 11) is 0. The van der Waals surface area contributed by atoms with Crippen molar-refractivity contribution in [2.24, 2.45) is 0 Å². The molecule has 0 radical (unpaired) electrons. The number of amides is 1. The van der Waals surface area contributed by atoms with E-state index in [2.05, 4.69) is 11.2 Å². The highest BCUT2D eigenvalue weighted by Gasteiger charge is 2.17. The molecular formula is C12H13NO3S. The molecule has 90 valence electrons. The van der Waals surface area contributed by atoms with Crippen LogP contribution in [0.4, 0.5) is 5.00 Å². The van der Waals surface area contributed by atoms with Crippen molar-refractivity contribution in [2.45, 2.75) is 20.3 Å². The van der Waals surface area contributed by atoms with Crippen molar-refractivity contribution in [1.29, 1.82) is 0 Å². The summed E-state index contributed by atoms with van der Waals surface area (Å²) in [6.07, 6.45) is 5.02. The molecule has 0 saturated carbocycles. The van der Waals surface area contributed by atoms with Gasteiger partial charge in [-0.1, -0.05) is 5.92 Å². The fraction of sp³-hybridized carbons (Fsp3) is 0.333. The van der Waals surface area contributed by atoms with Gasteiger partial charge in [0.1, 0.15) is 5.00 Å². The first-order valence-corrected chi connectivity index (χ1v) is 5.91. The summed E-state index contributed by atoms with van der Waals surface area (Å²) in [4.78, 5) is 23.9. The van der Waals surface area contributed by atoms with E-state index >= 15 is 0 Å². The van der Waals surface area contributed by atoms with Crippen LogP contribution < -0.4 is 5.32 Å². The molecule has 1 N–H and O–H groups in total. The summed E-state index contributed by atoms with van der Waals surface area (Å²) >= 11 is 1.32. The Morgan fingerprint density at radius 1 is 1.59 bits per heavy atom. The zero-order valence-electron chi connectivity index (χ0n) is 9.70. The summed E-state index contributed by atoms with van der Waals surface area (Å²) < 4.78 is 4.90. The summed E-state index contributed by atoms with van der Waals surface area (Å²) in [6.45, 7) is 3.88. The number of carbonyl (C=O) groups is 2. The Hall–Kier alpha value is -1.80. The summed E-state index contributed by atoms with van der Waals surface area (Å²) in [6, 6.07) is 1.69. The van der Waals surface area contributed by atoms with Crippen molar-refractivity contribution in [1.82, 2.24) is 0 Å². The molecule has 5 heteroatoms. The Morgan fingerprint density at radius 2 is 2.29 bits per heavy atom. The van der Waals surface area contributed by atoms with Crippen molar-refractivity contribution in [3.8, 4) is 12.3 Å². The second kappa shape index (κ2) is 6.06. The second-order valence-corrected chi connectivity index (χ2v) is 4.51. The predicted octanol–water partition coefficient (Wildman–Crippen LogP) is 2.20. The second-order valence-electron chi connectivity index (χ2n) is 3.25. The van der Waals surface area contributed by atoms with E-state index in [1.54, 1.807) is 13.0 Å². The van der Waals surface area contributed by atoms with E-state index in [0.29, 0.717) is 17.2 Å². The Labute approximate surface area is 104 Å². The van der Waals surface area contributed by atoms with Gasteiger partial charge in [-0.3, -0.25) is 4.79 Å². The number of esters is 1. The standard InChI is InChI=1S/C12H13NO3S/c1-4-6-10(14)13-11-9(7-8(3)17-11)12(15)16-5-2/h1,7H,5-6H2,2-3H3,(H,13,14). The molecule has 1 aromatic rings. The van der Waals surface area contributed by atoms with E-state index in [-0.39, 0.29) is 12.3 Å². The van der Waals surface area contributed by atoms with Crippen LogP contribution in [0.5, 0.6) is 0 Å². The third kappa shape index (κ3) is 3.61. The van der Waals surface area contributed by atoms with Crippen LogP contribution in [-0.2, 0) is 9.53 Å². The molecule has 4 nitrogen and oxygen atoms in total. The number of thiophene rings is 1. The van der Waals surface area contributed by atoms with Gasteiger partial charge in [-0.25, -0.2) is 4.79 Å². The van der Waals surface area contributed by atoms with Gasteiger partial charge < -0.3 is 10.1 Å². The van der Waals surface area contributed by atoms with E-state index in [1.165, 1.54) is 11.3 Å². The maximum atomic E-state index is 11.6. The number of aryl methyl sites for hydroxylation is 1. The van der Waals surface area contributed by atoms with Gasteiger partial charge >= 0.3 is 5.97 Å². The molecule has 0 aliphatic rings. The van der Waals surface area contributed by atoms with Crippen molar-refractivity contribution in [3.63, 3.8) is 0 Å². The minimum Gasteiger partial charge on any atom is -0.462 e. The van der Waals surface area contributed by atoms with Crippen molar-refractivity contribution < 1.29 is 14.3 Å². The summed E-state index contributed by atoms with van der Waals surface area (Å²) in [5.41, 5.74) is 0.375. The highest BCUT2D eigenvalue weighted by molar-refractivity contribution is 7.16. The minimum absolute atomic E-state index is 0.0147. The lowest BCUT2D eigenvalue weighted by Crippen LogP contribution is -2.13. The zero-order chi connectivity index (χ0) is 12.8. The Bertz CT molecular complexity index is 471. The molecular weight excluding hydrogens is 238 g/mol. The lowest BCUT2D eigenvalue weighted by atomic mass is 10.3. The van der Waals surface area contributed by atoms with Gasteiger partial charge in [0, 0.05) is 4.88 Å². The van der Waals surface area contributed by atoms with Crippen molar-refractivity contribution in [3.05, 3.63) is 16.5 Å². The highest BCUT2D eigenvalue weighted by Crippen LogP contribution is 2.28. The number of rotatable bonds is 4. The van der Waals surface area contributed by atoms with E-state index < -0.39 is 5.97 Å². The predicted molar refractivity (Wildman–Crippen MR) is 67.1 cm³/mol. The molecule has 1 rings (SSSR count). The maximum Gasteiger partial charge on any atom is 0.341 e. The number of terminal acetylenes is 1. The van der Waals surface area contributed by atoms with Gasteiger partial charge in [-0.2, -0.15) is 0 Å². The third-order valence-electron chi connectivity index (χ3n) is 1.87. The fourth-order valence-corrected chi connectivity index (χ4v) is 2.15. The number of hydrogen-bond acceptors (Lipinski definition) is 4. The summed E-state index contributed by atoms with van der Waals surface area (Å²) in [5, 5.41) is 3.10. The highest BCUT2D eigenvalue weighted by atomic mass is 32.1. The van der Waals surface area contributed by atoms with Gasteiger partial charge in [-0.05, 0) is 19.9 Å². The molecule has 1 heterocycles. The van der Waals surface area contributed by atoms with Gasteiger partial charge in [0.2, 0.25) is 5.91 Å². The van der Waals surface area contributed by atoms with Gasteiger partial charge in [0.25, 0.3) is 0 Å². The molecule has 0 atom stereocenters. The van der Waals surface area contributed by atoms with E-state index in [0.717, 1.165) is 4.88 Å². The van der Waals surface area contributed by atoms with Gasteiger partial charge in [0.05, 0.1) is 18.6 Å². The molecule has 1 amide bonds. The molecule has 0 aliphatic carbocycles. The van der Waals surface area contributed by atoms with Crippen LogP contribution in [0.1, 0.15) is 28.6 Å². The van der Waals surface area contributed by atoms with Crippen LogP contribution in [0.3, 0.4) is 0 Å². The largest absolute Gasteiger partial charge is 0.462 e. The van der Waals surface area contributed by atoms with E-state index in [4.69, 9.17) is 11.2 Å². The number of ether oxygens (including phenoxy) is 1. The smallest absolute Gasteiger partial charge is 0.341 e. The molecule has 0 aromatic carbocycles. The molecule has 0 saturated heterocycles.